The van der Waals surface area contributed by atoms with Gasteiger partial charge in [-0.05, 0) is 74.5 Å². The van der Waals surface area contributed by atoms with Gasteiger partial charge in [0.2, 0.25) is 10.0 Å². The summed E-state index contributed by atoms with van der Waals surface area (Å²) in [5.41, 5.74) is 0.362. The minimum atomic E-state index is -3.53. The molecule has 4 aliphatic carbocycles. The molecule has 136 valence electrons. The van der Waals surface area contributed by atoms with Crippen molar-refractivity contribution < 1.29 is 13.2 Å². The Balaban J connectivity index is 1.56. The molecule has 4 fully saturated rings. The van der Waals surface area contributed by atoms with Crippen molar-refractivity contribution in [2.45, 2.75) is 49.0 Å². The van der Waals surface area contributed by atoms with Crippen molar-refractivity contribution >= 4 is 15.9 Å². The molecule has 0 spiro atoms. The van der Waals surface area contributed by atoms with Gasteiger partial charge in [-0.1, -0.05) is 6.07 Å². The maximum absolute atomic E-state index is 12.9. The van der Waals surface area contributed by atoms with Crippen LogP contribution in [0.1, 0.15) is 48.9 Å². The van der Waals surface area contributed by atoms with Gasteiger partial charge in [-0.15, -0.1) is 0 Å². The molecule has 0 heterocycles. The summed E-state index contributed by atoms with van der Waals surface area (Å²) in [5, 5.41) is 3.30. The van der Waals surface area contributed by atoms with Crippen molar-refractivity contribution in [1.29, 1.82) is 0 Å². The number of hydrogen-bond donors (Lipinski definition) is 1. The molecule has 4 saturated carbocycles. The van der Waals surface area contributed by atoms with Crippen LogP contribution in [0, 0.1) is 17.8 Å². The van der Waals surface area contributed by atoms with Gasteiger partial charge in [0, 0.05) is 25.2 Å². The van der Waals surface area contributed by atoms with E-state index in [2.05, 4.69) is 5.32 Å². The second-order valence-electron chi connectivity index (χ2n) is 8.47. The third-order valence-electron chi connectivity index (χ3n) is 6.29. The van der Waals surface area contributed by atoms with E-state index in [4.69, 9.17) is 0 Å². The first-order valence-corrected chi connectivity index (χ1v) is 10.6. The average molecular weight is 362 g/mol. The van der Waals surface area contributed by atoms with Crippen LogP contribution in [0.15, 0.2) is 29.2 Å². The Bertz CT molecular complexity index is 765. The highest BCUT2D eigenvalue weighted by atomic mass is 32.2. The predicted molar refractivity (Wildman–Crippen MR) is 95.7 cm³/mol. The van der Waals surface area contributed by atoms with Gasteiger partial charge in [-0.2, -0.15) is 0 Å². The first-order valence-electron chi connectivity index (χ1n) is 9.12. The zero-order valence-electron chi connectivity index (χ0n) is 14.9. The number of rotatable bonds is 4. The normalized spacial score (nSPS) is 33.6. The molecule has 1 aromatic carbocycles. The standard InChI is InChI=1S/C19H26N2O3S/c1-21(2)25(23,24)17-5-3-4-16(9-17)18(22)20-19-10-13-6-14(11-19)8-15(7-13)12-19/h3-5,9,13-15H,6-8,10-12H2,1-2H3,(H,20,22). The molecule has 6 heteroatoms. The minimum Gasteiger partial charge on any atom is -0.347 e. The first-order chi connectivity index (χ1) is 11.8. The molecule has 5 rings (SSSR count). The van der Waals surface area contributed by atoms with E-state index >= 15 is 0 Å². The van der Waals surface area contributed by atoms with E-state index in [1.807, 2.05) is 0 Å². The number of benzene rings is 1. The molecule has 25 heavy (non-hydrogen) atoms. The molecule has 1 aromatic rings. The van der Waals surface area contributed by atoms with Crippen LogP contribution in [0.3, 0.4) is 0 Å². The molecule has 1 amide bonds. The number of nitrogens with one attached hydrogen (secondary N) is 1. The average Bonchev–Trinajstić information content (AvgIpc) is 2.53. The van der Waals surface area contributed by atoms with E-state index in [1.54, 1.807) is 12.1 Å². The summed E-state index contributed by atoms with van der Waals surface area (Å²) in [7, 11) is -0.538. The highest BCUT2D eigenvalue weighted by Gasteiger charge is 2.51. The predicted octanol–water partition coefficient (Wildman–Crippen LogP) is 2.64. The highest BCUT2D eigenvalue weighted by Crippen LogP contribution is 2.55. The van der Waals surface area contributed by atoms with Crippen LogP contribution in [0.2, 0.25) is 0 Å². The summed E-state index contributed by atoms with van der Waals surface area (Å²) in [4.78, 5) is 13.0. The molecule has 0 radical (unpaired) electrons. The van der Waals surface area contributed by atoms with Crippen LogP contribution in [0.5, 0.6) is 0 Å². The molecule has 4 bridgehead atoms. The molecule has 1 N–H and O–H groups in total. The van der Waals surface area contributed by atoms with Gasteiger partial charge in [-0.3, -0.25) is 4.79 Å². The van der Waals surface area contributed by atoms with E-state index < -0.39 is 10.0 Å². The van der Waals surface area contributed by atoms with Gasteiger partial charge < -0.3 is 5.32 Å². The van der Waals surface area contributed by atoms with Crippen LogP contribution < -0.4 is 5.32 Å². The second kappa shape index (κ2) is 5.81. The van der Waals surface area contributed by atoms with Crippen molar-refractivity contribution in [3.63, 3.8) is 0 Å². The fourth-order valence-electron chi connectivity index (χ4n) is 5.59. The highest BCUT2D eigenvalue weighted by molar-refractivity contribution is 7.89. The molecule has 4 aliphatic rings. The quantitative estimate of drug-likeness (QED) is 0.895. The minimum absolute atomic E-state index is 0.0672. The number of nitrogens with zero attached hydrogens (tertiary/aromatic N) is 1. The Hall–Kier alpha value is -1.40. The Labute approximate surface area is 149 Å². The van der Waals surface area contributed by atoms with Crippen molar-refractivity contribution in [2.75, 3.05) is 14.1 Å². The van der Waals surface area contributed by atoms with E-state index in [0.717, 1.165) is 37.0 Å². The van der Waals surface area contributed by atoms with Crippen LogP contribution in [-0.2, 0) is 10.0 Å². The summed E-state index contributed by atoms with van der Waals surface area (Å²) in [6, 6.07) is 6.37. The summed E-state index contributed by atoms with van der Waals surface area (Å²) >= 11 is 0. The lowest BCUT2D eigenvalue weighted by Gasteiger charge is -2.56. The maximum Gasteiger partial charge on any atom is 0.251 e. The lowest BCUT2D eigenvalue weighted by molar-refractivity contribution is -0.0167. The monoisotopic (exact) mass is 362 g/mol. The molecular formula is C19H26N2O3S. The number of carbonyl (C=O) groups excluding carboxylic acids is 1. The number of sulfonamides is 1. The van der Waals surface area contributed by atoms with Gasteiger partial charge in [0.05, 0.1) is 4.90 Å². The number of hydrogen-bond acceptors (Lipinski definition) is 3. The zero-order valence-corrected chi connectivity index (χ0v) is 15.7. The molecule has 0 saturated heterocycles. The Morgan fingerprint density at radius 1 is 1.08 bits per heavy atom. The fourth-order valence-corrected chi connectivity index (χ4v) is 6.53. The smallest absolute Gasteiger partial charge is 0.251 e. The molecule has 0 aliphatic heterocycles. The van der Waals surface area contributed by atoms with E-state index in [0.29, 0.717) is 5.56 Å². The van der Waals surface area contributed by atoms with E-state index in [-0.39, 0.29) is 16.3 Å². The molecular weight excluding hydrogens is 336 g/mol. The Morgan fingerprint density at radius 3 is 2.16 bits per heavy atom. The summed E-state index contributed by atoms with van der Waals surface area (Å²) in [5.74, 6) is 2.13. The molecule has 5 nitrogen and oxygen atoms in total. The van der Waals surface area contributed by atoms with Gasteiger partial charge in [-0.25, -0.2) is 12.7 Å². The van der Waals surface area contributed by atoms with Crippen molar-refractivity contribution in [2.24, 2.45) is 17.8 Å². The van der Waals surface area contributed by atoms with Gasteiger partial charge >= 0.3 is 0 Å². The van der Waals surface area contributed by atoms with Crippen LogP contribution in [0.4, 0.5) is 0 Å². The summed E-state index contributed by atoms with van der Waals surface area (Å²) < 4.78 is 25.8. The maximum atomic E-state index is 12.9. The SMILES string of the molecule is CN(C)S(=O)(=O)c1cccc(C(=O)NC23CC4CC(CC(C4)C2)C3)c1. The largest absolute Gasteiger partial charge is 0.347 e. The first kappa shape index (κ1) is 17.0. The van der Waals surface area contributed by atoms with E-state index in [1.165, 1.54) is 49.8 Å². The summed E-state index contributed by atoms with van der Waals surface area (Å²) in [6.07, 6.45) is 7.23. The van der Waals surface area contributed by atoms with Crippen molar-refractivity contribution in [3.8, 4) is 0 Å². The summed E-state index contributed by atoms with van der Waals surface area (Å²) in [6.45, 7) is 0. The molecule has 0 atom stereocenters. The number of amides is 1. The van der Waals surface area contributed by atoms with Crippen LogP contribution >= 0.6 is 0 Å². The van der Waals surface area contributed by atoms with Crippen LogP contribution in [0.25, 0.3) is 0 Å². The van der Waals surface area contributed by atoms with Gasteiger partial charge in [0.25, 0.3) is 5.91 Å². The Morgan fingerprint density at radius 2 is 1.64 bits per heavy atom. The molecule has 0 unspecified atom stereocenters. The lowest BCUT2D eigenvalue weighted by atomic mass is 9.53. The van der Waals surface area contributed by atoms with Crippen molar-refractivity contribution in [1.82, 2.24) is 9.62 Å². The topological polar surface area (TPSA) is 66.5 Å². The third-order valence-corrected chi connectivity index (χ3v) is 8.10. The zero-order chi connectivity index (χ0) is 17.8. The van der Waals surface area contributed by atoms with Crippen LogP contribution in [-0.4, -0.2) is 38.3 Å². The van der Waals surface area contributed by atoms with Gasteiger partial charge in [0.1, 0.15) is 0 Å². The number of carbonyl (C=O) groups is 1. The molecule has 0 aromatic heterocycles. The van der Waals surface area contributed by atoms with Crippen molar-refractivity contribution in [3.05, 3.63) is 29.8 Å². The third kappa shape index (κ3) is 2.99. The van der Waals surface area contributed by atoms with Gasteiger partial charge in [0.15, 0.2) is 0 Å². The lowest BCUT2D eigenvalue weighted by Crippen LogP contribution is -2.59. The van der Waals surface area contributed by atoms with E-state index in [9.17, 15) is 13.2 Å². The fraction of sp³-hybridized carbons (Fsp3) is 0.632. The second-order valence-corrected chi connectivity index (χ2v) is 10.6. The Kier molecular flexibility index (Phi) is 3.96.